The Morgan fingerprint density at radius 2 is 1.82 bits per heavy atom. The molecule has 2 amide bonds. The first kappa shape index (κ1) is 21.8. The zero-order chi connectivity index (χ0) is 20.7. The molecule has 0 radical (unpaired) electrons. The second-order valence-electron chi connectivity index (χ2n) is 7.03. The number of ether oxygens (including phenoxy) is 1. The van der Waals surface area contributed by atoms with E-state index in [1.807, 2.05) is 45.0 Å². The predicted octanol–water partition coefficient (Wildman–Crippen LogP) is 3.97. The van der Waals surface area contributed by atoms with Crippen molar-refractivity contribution in [2.24, 2.45) is 0 Å². The Hall–Kier alpha value is -2.53. The van der Waals surface area contributed by atoms with E-state index in [2.05, 4.69) is 5.32 Å². The van der Waals surface area contributed by atoms with Crippen LogP contribution in [0.3, 0.4) is 0 Å². The number of amides is 2. The van der Waals surface area contributed by atoms with E-state index < -0.39 is 6.04 Å². The third-order valence-electron chi connectivity index (χ3n) is 4.36. The zero-order valence-corrected chi connectivity index (χ0v) is 17.5. The van der Waals surface area contributed by atoms with Crippen LogP contribution < -0.4 is 10.1 Å². The van der Waals surface area contributed by atoms with Crippen molar-refractivity contribution in [3.8, 4) is 5.75 Å². The average molecular weight is 403 g/mol. The third kappa shape index (κ3) is 6.27. The van der Waals surface area contributed by atoms with E-state index in [-0.39, 0.29) is 24.5 Å². The molecule has 2 rings (SSSR count). The lowest BCUT2D eigenvalue weighted by Crippen LogP contribution is -2.50. The molecule has 0 spiro atoms. The molecule has 0 unspecified atom stereocenters. The minimum Gasteiger partial charge on any atom is -0.484 e. The maximum atomic E-state index is 12.9. The molecule has 2 aromatic carbocycles. The summed E-state index contributed by atoms with van der Waals surface area (Å²) in [6.45, 7) is 7.65. The van der Waals surface area contributed by atoms with Gasteiger partial charge >= 0.3 is 0 Å². The van der Waals surface area contributed by atoms with Crippen molar-refractivity contribution in [3.05, 3.63) is 64.7 Å². The Morgan fingerprint density at radius 1 is 1.11 bits per heavy atom. The van der Waals surface area contributed by atoms with Gasteiger partial charge < -0.3 is 15.0 Å². The maximum Gasteiger partial charge on any atom is 0.261 e. The molecule has 0 saturated carbocycles. The van der Waals surface area contributed by atoms with E-state index in [0.29, 0.717) is 17.3 Å². The number of nitrogens with one attached hydrogen (secondary N) is 1. The second kappa shape index (κ2) is 10.1. The van der Waals surface area contributed by atoms with Gasteiger partial charge in [0.05, 0.1) is 0 Å². The first-order valence-electron chi connectivity index (χ1n) is 9.30. The van der Waals surface area contributed by atoms with Crippen LogP contribution in [-0.4, -0.2) is 35.4 Å². The second-order valence-corrected chi connectivity index (χ2v) is 7.47. The topological polar surface area (TPSA) is 58.6 Å². The monoisotopic (exact) mass is 402 g/mol. The molecule has 0 bridgehead atoms. The van der Waals surface area contributed by atoms with Gasteiger partial charge in [0.1, 0.15) is 11.8 Å². The highest BCUT2D eigenvalue weighted by atomic mass is 35.5. The highest BCUT2D eigenvalue weighted by Crippen LogP contribution is 2.18. The molecular formula is C22H27ClN2O3. The maximum absolute atomic E-state index is 12.9. The molecule has 5 nitrogen and oxygen atoms in total. The number of rotatable bonds is 8. The summed E-state index contributed by atoms with van der Waals surface area (Å²) in [4.78, 5) is 27.0. The van der Waals surface area contributed by atoms with Crippen LogP contribution in [0.1, 0.15) is 31.9 Å². The normalized spacial score (nSPS) is 11.8. The molecule has 0 heterocycles. The van der Waals surface area contributed by atoms with Crippen molar-refractivity contribution in [3.63, 3.8) is 0 Å². The van der Waals surface area contributed by atoms with Crippen LogP contribution >= 0.6 is 11.6 Å². The molecule has 0 aromatic heterocycles. The summed E-state index contributed by atoms with van der Waals surface area (Å²) in [5.41, 5.74) is 2.05. The highest BCUT2D eigenvalue weighted by molar-refractivity contribution is 6.30. The Bertz CT molecular complexity index is 823. The number of carbonyl (C=O) groups excluding carboxylic acids is 2. The Labute approximate surface area is 171 Å². The van der Waals surface area contributed by atoms with Crippen LogP contribution in [0.5, 0.6) is 5.75 Å². The molecule has 2 aromatic rings. The third-order valence-corrected chi connectivity index (χ3v) is 4.59. The number of halogens is 1. The number of benzene rings is 2. The van der Waals surface area contributed by atoms with E-state index >= 15 is 0 Å². The van der Waals surface area contributed by atoms with E-state index in [4.69, 9.17) is 16.3 Å². The van der Waals surface area contributed by atoms with Crippen molar-refractivity contribution in [2.75, 3.05) is 6.61 Å². The Morgan fingerprint density at radius 3 is 2.46 bits per heavy atom. The Balaban J connectivity index is 2.17. The first-order valence-corrected chi connectivity index (χ1v) is 9.68. The SMILES string of the molecule is Cc1ccccc1CN(C(=O)COc1cccc(Cl)c1)[C@@H](C)C(=O)NC(C)C. The van der Waals surface area contributed by atoms with Crippen molar-refractivity contribution in [2.45, 2.75) is 46.3 Å². The van der Waals surface area contributed by atoms with Crippen molar-refractivity contribution < 1.29 is 14.3 Å². The van der Waals surface area contributed by atoms with Crippen molar-refractivity contribution >= 4 is 23.4 Å². The molecule has 1 N–H and O–H groups in total. The summed E-state index contributed by atoms with van der Waals surface area (Å²) in [5.74, 6) is 0.0466. The summed E-state index contributed by atoms with van der Waals surface area (Å²) < 4.78 is 5.60. The summed E-state index contributed by atoms with van der Waals surface area (Å²) >= 11 is 5.96. The fraction of sp³-hybridized carbons (Fsp3) is 0.364. The zero-order valence-electron chi connectivity index (χ0n) is 16.7. The molecule has 1 atom stereocenters. The van der Waals surface area contributed by atoms with Crippen LogP contribution in [0.4, 0.5) is 0 Å². The molecule has 6 heteroatoms. The summed E-state index contributed by atoms with van der Waals surface area (Å²) in [6, 6.07) is 14.1. The summed E-state index contributed by atoms with van der Waals surface area (Å²) in [7, 11) is 0. The van der Waals surface area contributed by atoms with Gasteiger partial charge in [-0.3, -0.25) is 9.59 Å². The van der Waals surface area contributed by atoms with Gasteiger partial charge in [-0.05, 0) is 57.0 Å². The van der Waals surface area contributed by atoms with Crippen LogP contribution in [0.25, 0.3) is 0 Å². The van der Waals surface area contributed by atoms with Gasteiger partial charge in [-0.25, -0.2) is 0 Å². The summed E-state index contributed by atoms with van der Waals surface area (Å²) in [5, 5.41) is 3.40. The van der Waals surface area contributed by atoms with E-state index in [1.54, 1.807) is 36.1 Å². The van der Waals surface area contributed by atoms with Gasteiger partial charge in [-0.15, -0.1) is 0 Å². The lowest BCUT2D eigenvalue weighted by Gasteiger charge is -2.29. The molecule has 0 fully saturated rings. The van der Waals surface area contributed by atoms with Gasteiger partial charge in [-0.1, -0.05) is 41.9 Å². The van der Waals surface area contributed by atoms with E-state index in [1.165, 1.54) is 0 Å². The first-order chi connectivity index (χ1) is 13.3. The molecule has 0 aliphatic heterocycles. The highest BCUT2D eigenvalue weighted by Gasteiger charge is 2.27. The molecule has 0 aliphatic carbocycles. The fourth-order valence-corrected chi connectivity index (χ4v) is 2.92. The van der Waals surface area contributed by atoms with Gasteiger partial charge in [0, 0.05) is 17.6 Å². The fourth-order valence-electron chi connectivity index (χ4n) is 2.74. The van der Waals surface area contributed by atoms with Gasteiger partial charge in [0.2, 0.25) is 5.91 Å². The lowest BCUT2D eigenvalue weighted by atomic mass is 10.1. The average Bonchev–Trinajstić information content (AvgIpc) is 2.64. The number of hydrogen-bond donors (Lipinski definition) is 1. The van der Waals surface area contributed by atoms with Crippen LogP contribution in [0, 0.1) is 6.92 Å². The molecule has 28 heavy (non-hydrogen) atoms. The Kier molecular flexibility index (Phi) is 7.88. The molecule has 0 aliphatic rings. The number of hydrogen-bond acceptors (Lipinski definition) is 3. The van der Waals surface area contributed by atoms with Crippen LogP contribution in [0.15, 0.2) is 48.5 Å². The largest absolute Gasteiger partial charge is 0.484 e. The molecule has 150 valence electrons. The van der Waals surface area contributed by atoms with Crippen molar-refractivity contribution in [1.29, 1.82) is 0 Å². The van der Waals surface area contributed by atoms with E-state index in [0.717, 1.165) is 11.1 Å². The van der Waals surface area contributed by atoms with Gasteiger partial charge in [0.25, 0.3) is 5.91 Å². The van der Waals surface area contributed by atoms with E-state index in [9.17, 15) is 9.59 Å². The predicted molar refractivity (Wildman–Crippen MR) is 111 cm³/mol. The van der Waals surface area contributed by atoms with Crippen LogP contribution in [0.2, 0.25) is 5.02 Å². The van der Waals surface area contributed by atoms with Gasteiger partial charge in [-0.2, -0.15) is 0 Å². The minimum absolute atomic E-state index is 0.00641. The summed E-state index contributed by atoms with van der Waals surface area (Å²) in [6.07, 6.45) is 0. The standard InChI is InChI=1S/C22H27ClN2O3/c1-15(2)24-22(27)17(4)25(13-18-9-6-5-8-16(18)3)21(26)14-28-20-11-7-10-19(23)12-20/h5-12,15,17H,13-14H2,1-4H3,(H,24,27)/t17-/m0/s1. The number of carbonyl (C=O) groups is 2. The smallest absolute Gasteiger partial charge is 0.261 e. The minimum atomic E-state index is -0.627. The number of aryl methyl sites for hydroxylation is 1. The van der Waals surface area contributed by atoms with Gasteiger partial charge in [0.15, 0.2) is 6.61 Å². The number of nitrogens with zero attached hydrogens (tertiary/aromatic N) is 1. The van der Waals surface area contributed by atoms with Crippen LogP contribution in [-0.2, 0) is 16.1 Å². The van der Waals surface area contributed by atoms with Crippen molar-refractivity contribution in [1.82, 2.24) is 10.2 Å². The molecular weight excluding hydrogens is 376 g/mol. The lowest BCUT2D eigenvalue weighted by molar-refractivity contribution is -0.142. The quantitative estimate of drug-likeness (QED) is 0.726. The molecule has 0 saturated heterocycles.